The summed E-state index contributed by atoms with van der Waals surface area (Å²) in [4.78, 5) is 53.3. The maximum atomic E-state index is 10.2. The van der Waals surface area contributed by atoms with Crippen molar-refractivity contribution in [3.8, 4) is 0 Å². The van der Waals surface area contributed by atoms with E-state index in [2.05, 4.69) is 0 Å². The van der Waals surface area contributed by atoms with Crippen LogP contribution in [0.5, 0.6) is 0 Å². The van der Waals surface area contributed by atoms with Crippen LogP contribution in [-0.4, -0.2) is 63.3 Å². The molecular weight excluding hydrogens is 312 g/mol. The lowest BCUT2D eigenvalue weighted by Gasteiger charge is -2.11. The Morgan fingerprint density at radius 3 is 1.42 bits per heavy atom. The SMILES string of the molecule is O=C(O)C1CCCN1O.O=P(O)(O)O.O=P(O)(O)O. The summed E-state index contributed by atoms with van der Waals surface area (Å²) < 4.78 is 17.8. The van der Waals surface area contributed by atoms with Crippen LogP contribution in [0.3, 0.4) is 0 Å². The first-order chi connectivity index (χ1) is 8.22. The molecule has 12 nitrogen and oxygen atoms in total. The number of hydrogen-bond donors (Lipinski definition) is 8. The van der Waals surface area contributed by atoms with E-state index in [1.54, 1.807) is 0 Å². The van der Waals surface area contributed by atoms with Gasteiger partial charge in [0.2, 0.25) is 0 Å². The van der Waals surface area contributed by atoms with Crippen LogP contribution in [0.25, 0.3) is 0 Å². The zero-order valence-corrected chi connectivity index (χ0v) is 11.1. The number of aliphatic carboxylic acids is 1. The molecule has 0 aliphatic carbocycles. The van der Waals surface area contributed by atoms with Crippen molar-refractivity contribution in [3.05, 3.63) is 0 Å². The quantitative estimate of drug-likeness (QED) is 0.247. The first-order valence-electron chi connectivity index (χ1n) is 4.46. The molecule has 116 valence electrons. The van der Waals surface area contributed by atoms with Gasteiger partial charge in [0.05, 0.1) is 0 Å². The summed E-state index contributed by atoms with van der Waals surface area (Å²) in [6.07, 6.45) is 1.33. The highest BCUT2D eigenvalue weighted by Gasteiger charge is 2.28. The molecule has 1 fully saturated rings. The van der Waals surface area contributed by atoms with Gasteiger partial charge in [-0.05, 0) is 12.8 Å². The van der Waals surface area contributed by atoms with Crippen molar-refractivity contribution in [2.75, 3.05) is 6.54 Å². The minimum Gasteiger partial charge on any atom is -0.480 e. The summed E-state index contributed by atoms with van der Waals surface area (Å²) in [5, 5.41) is 18.1. The summed E-state index contributed by atoms with van der Waals surface area (Å²) in [7, 11) is -9.28. The summed E-state index contributed by atoms with van der Waals surface area (Å²) in [6, 6.07) is -0.662. The van der Waals surface area contributed by atoms with E-state index in [9.17, 15) is 4.79 Å². The molecule has 0 aromatic rings. The molecule has 1 atom stereocenters. The van der Waals surface area contributed by atoms with Gasteiger partial charge in [0.25, 0.3) is 0 Å². The van der Waals surface area contributed by atoms with E-state index in [4.69, 9.17) is 48.8 Å². The summed E-state index contributed by atoms with van der Waals surface area (Å²) in [5.74, 6) is -0.935. The summed E-state index contributed by atoms with van der Waals surface area (Å²) >= 11 is 0. The number of carboxylic acid groups (broad SMARTS) is 1. The molecule has 1 aliphatic heterocycles. The Labute approximate surface area is 107 Å². The number of hydrogen-bond acceptors (Lipinski definition) is 5. The third-order valence-electron chi connectivity index (χ3n) is 1.51. The van der Waals surface area contributed by atoms with Crippen LogP contribution in [-0.2, 0) is 13.9 Å². The molecule has 0 saturated carbocycles. The molecule has 1 heterocycles. The summed E-state index contributed by atoms with van der Waals surface area (Å²) in [5.41, 5.74) is 0. The molecule has 1 aliphatic rings. The minimum atomic E-state index is -4.64. The Kier molecular flexibility index (Phi) is 9.60. The third kappa shape index (κ3) is 23.2. The second kappa shape index (κ2) is 8.72. The van der Waals surface area contributed by atoms with E-state index in [1.165, 1.54) is 0 Å². The fraction of sp³-hybridized carbons (Fsp3) is 0.800. The number of carboxylic acids is 1. The van der Waals surface area contributed by atoms with Gasteiger partial charge >= 0.3 is 21.6 Å². The standard InChI is InChI=1S/C5H9NO3.2H3O4P/c7-5(8)4-2-1-3-6(4)9;2*1-5(2,3)4/h4,9H,1-3H2,(H,7,8);2*(H3,1,2,3,4). The Bertz CT molecular complexity index is 324. The van der Waals surface area contributed by atoms with Crippen LogP contribution in [0.4, 0.5) is 0 Å². The molecule has 0 bridgehead atoms. The number of rotatable bonds is 1. The second-order valence-electron chi connectivity index (χ2n) is 3.19. The molecule has 1 rings (SSSR count). The maximum Gasteiger partial charge on any atom is 0.466 e. The lowest BCUT2D eigenvalue weighted by atomic mass is 10.2. The van der Waals surface area contributed by atoms with E-state index >= 15 is 0 Å². The van der Waals surface area contributed by atoms with Gasteiger partial charge in [-0.25, -0.2) is 9.13 Å². The van der Waals surface area contributed by atoms with Crippen LogP contribution < -0.4 is 0 Å². The molecule has 14 heteroatoms. The molecular formula is C5H15NO11P2. The molecule has 8 N–H and O–H groups in total. The third-order valence-corrected chi connectivity index (χ3v) is 1.51. The maximum absolute atomic E-state index is 10.2. The van der Waals surface area contributed by atoms with Gasteiger partial charge in [0, 0.05) is 6.54 Å². The van der Waals surface area contributed by atoms with Gasteiger partial charge in [-0.1, -0.05) is 0 Å². The van der Waals surface area contributed by atoms with Crippen molar-refractivity contribution in [3.63, 3.8) is 0 Å². The number of phosphoric acid groups is 2. The van der Waals surface area contributed by atoms with Crippen molar-refractivity contribution >= 4 is 21.6 Å². The smallest absolute Gasteiger partial charge is 0.466 e. The van der Waals surface area contributed by atoms with Crippen LogP contribution in [0, 0.1) is 0 Å². The van der Waals surface area contributed by atoms with Crippen molar-refractivity contribution in [2.45, 2.75) is 18.9 Å². The highest BCUT2D eigenvalue weighted by atomic mass is 31.2. The van der Waals surface area contributed by atoms with Gasteiger partial charge in [0.1, 0.15) is 6.04 Å². The van der Waals surface area contributed by atoms with Crippen molar-refractivity contribution in [2.24, 2.45) is 0 Å². The molecule has 1 unspecified atom stereocenters. The van der Waals surface area contributed by atoms with Crippen molar-refractivity contribution < 1.29 is 53.6 Å². The zero-order valence-electron chi connectivity index (χ0n) is 9.34. The molecule has 0 aromatic heterocycles. The van der Waals surface area contributed by atoms with E-state index in [1.807, 2.05) is 0 Å². The van der Waals surface area contributed by atoms with Gasteiger partial charge < -0.3 is 39.7 Å². The first-order valence-corrected chi connectivity index (χ1v) is 7.59. The van der Waals surface area contributed by atoms with Gasteiger partial charge in [0.15, 0.2) is 0 Å². The molecule has 0 amide bonds. The highest BCUT2D eigenvalue weighted by Crippen LogP contribution is 2.26. The monoisotopic (exact) mass is 327 g/mol. The number of nitrogens with zero attached hydrogens (tertiary/aromatic N) is 1. The molecule has 0 aromatic carbocycles. The predicted molar refractivity (Wildman–Crippen MR) is 57.7 cm³/mol. The first kappa shape index (κ1) is 20.9. The van der Waals surface area contributed by atoms with Crippen LogP contribution in [0.1, 0.15) is 12.8 Å². The van der Waals surface area contributed by atoms with Crippen molar-refractivity contribution in [1.82, 2.24) is 5.06 Å². The highest BCUT2D eigenvalue weighted by molar-refractivity contribution is 7.45. The molecule has 0 radical (unpaired) electrons. The van der Waals surface area contributed by atoms with E-state index in [0.717, 1.165) is 11.5 Å². The fourth-order valence-electron chi connectivity index (χ4n) is 1.00. The van der Waals surface area contributed by atoms with Crippen molar-refractivity contribution in [1.29, 1.82) is 0 Å². The number of hydroxylamine groups is 2. The summed E-state index contributed by atoms with van der Waals surface area (Å²) in [6.45, 7) is 0.483. The van der Waals surface area contributed by atoms with Crippen LogP contribution in [0.15, 0.2) is 0 Å². The zero-order chi connectivity index (χ0) is 15.9. The average Bonchev–Trinajstić information content (AvgIpc) is 2.44. The van der Waals surface area contributed by atoms with Gasteiger partial charge in [-0.15, -0.1) is 0 Å². The Morgan fingerprint density at radius 1 is 1.00 bits per heavy atom. The van der Waals surface area contributed by atoms with Gasteiger partial charge in [-0.3, -0.25) is 4.79 Å². The minimum absolute atomic E-state index is 0.483. The van der Waals surface area contributed by atoms with Gasteiger partial charge in [-0.2, -0.15) is 5.06 Å². The average molecular weight is 327 g/mol. The van der Waals surface area contributed by atoms with E-state index < -0.39 is 27.7 Å². The lowest BCUT2D eigenvalue weighted by molar-refractivity contribution is -0.160. The number of carbonyl (C=O) groups is 1. The van der Waals surface area contributed by atoms with E-state index in [-0.39, 0.29) is 0 Å². The Morgan fingerprint density at radius 2 is 1.32 bits per heavy atom. The van der Waals surface area contributed by atoms with Crippen LogP contribution >= 0.6 is 15.6 Å². The molecule has 1 saturated heterocycles. The predicted octanol–water partition coefficient (Wildman–Crippen LogP) is -1.93. The molecule has 0 spiro atoms. The lowest BCUT2D eigenvalue weighted by Crippen LogP contribution is -2.32. The Balaban J connectivity index is 0. The Hall–Kier alpha value is -0.390. The largest absolute Gasteiger partial charge is 0.480 e. The second-order valence-corrected chi connectivity index (χ2v) is 5.24. The van der Waals surface area contributed by atoms with E-state index in [0.29, 0.717) is 13.0 Å². The van der Waals surface area contributed by atoms with Crippen LogP contribution in [0.2, 0.25) is 0 Å². The topological polar surface area (TPSA) is 216 Å². The normalized spacial score (nSPS) is 19.8. The fourth-order valence-corrected chi connectivity index (χ4v) is 1.00. The molecule has 19 heavy (non-hydrogen) atoms.